The lowest BCUT2D eigenvalue weighted by atomic mass is 9.81. The summed E-state index contributed by atoms with van der Waals surface area (Å²) in [7, 11) is 3.85. The van der Waals surface area contributed by atoms with Gasteiger partial charge < -0.3 is 9.42 Å². The molecule has 1 unspecified atom stereocenters. The van der Waals surface area contributed by atoms with Crippen molar-refractivity contribution in [1.29, 1.82) is 0 Å². The molecule has 0 radical (unpaired) electrons. The molecule has 0 fully saturated rings. The highest BCUT2D eigenvalue weighted by Crippen LogP contribution is 2.42. The summed E-state index contributed by atoms with van der Waals surface area (Å²) >= 11 is 0. The van der Waals surface area contributed by atoms with Gasteiger partial charge in [0.15, 0.2) is 0 Å². The lowest BCUT2D eigenvalue weighted by molar-refractivity contribution is 0.415. The van der Waals surface area contributed by atoms with Crippen LogP contribution in [0.4, 0.5) is 10.3 Å². The number of nitrogens with zero attached hydrogens (tertiary/aromatic N) is 2. The van der Waals surface area contributed by atoms with Crippen LogP contribution >= 0.6 is 0 Å². The van der Waals surface area contributed by atoms with E-state index in [-0.39, 0.29) is 11.7 Å². The molecule has 0 saturated carbocycles. The van der Waals surface area contributed by atoms with E-state index in [0.717, 1.165) is 42.0 Å². The summed E-state index contributed by atoms with van der Waals surface area (Å²) in [5, 5.41) is 4.14. The molecule has 0 N–H and O–H groups in total. The monoisotopic (exact) mass is 260 g/mol. The van der Waals surface area contributed by atoms with Gasteiger partial charge in [-0.3, -0.25) is 0 Å². The van der Waals surface area contributed by atoms with Crippen molar-refractivity contribution in [3.8, 4) is 0 Å². The summed E-state index contributed by atoms with van der Waals surface area (Å²) in [6.45, 7) is 0. The highest BCUT2D eigenvalue weighted by atomic mass is 19.1. The summed E-state index contributed by atoms with van der Waals surface area (Å²) in [6.07, 6.45) is 2.87. The molecule has 4 heteroatoms. The minimum Gasteiger partial charge on any atom is -0.346 e. The second-order valence-electron chi connectivity index (χ2n) is 5.21. The van der Waals surface area contributed by atoms with Crippen LogP contribution < -0.4 is 4.90 Å². The van der Waals surface area contributed by atoms with Crippen LogP contribution in [0.25, 0.3) is 0 Å². The van der Waals surface area contributed by atoms with E-state index in [0.29, 0.717) is 0 Å². The first-order valence-corrected chi connectivity index (χ1v) is 6.58. The van der Waals surface area contributed by atoms with E-state index in [9.17, 15) is 4.39 Å². The van der Waals surface area contributed by atoms with Gasteiger partial charge in [0, 0.05) is 25.6 Å². The summed E-state index contributed by atoms with van der Waals surface area (Å²) in [6, 6.07) is 6.99. The Morgan fingerprint density at radius 2 is 2.11 bits per heavy atom. The Labute approximate surface area is 112 Å². The zero-order valence-corrected chi connectivity index (χ0v) is 11.2. The van der Waals surface area contributed by atoms with Gasteiger partial charge in [0.25, 0.3) is 0 Å². The standard InChI is InChI=1S/C15H17FN2O/c1-18(2)15-14-11(7-5-9-13(14)17-19-15)10-6-3-4-8-12(10)16/h3-4,6,8,11H,5,7,9H2,1-2H3. The third-order valence-electron chi connectivity index (χ3n) is 3.73. The van der Waals surface area contributed by atoms with Crippen molar-refractivity contribution in [3.63, 3.8) is 0 Å². The summed E-state index contributed by atoms with van der Waals surface area (Å²) in [5.74, 6) is 0.655. The molecule has 2 aromatic rings. The van der Waals surface area contributed by atoms with Gasteiger partial charge in [-0.05, 0) is 30.9 Å². The second-order valence-corrected chi connectivity index (χ2v) is 5.21. The molecule has 1 aliphatic rings. The average Bonchev–Trinajstić information content (AvgIpc) is 2.83. The van der Waals surface area contributed by atoms with Crippen molar-refractivity contribution in [2.45, 2.75) is 25.2 Å². The number of anilines is 1. The zero-order chi connectivity index (χ0) is 13.4. The highest BCUT2D eigenvalue weighted by molar-refractivity contribution is 5.52. The molecule has 0 amide bonds. The first kappa shape index (κ1) is 12.2. The maximum Gasteiger partial charge on any atom is 0.230 e. The van der Waals surface area contributed by atoms with Gasteiger partial charge in [0.1, 0.15) is 5.82 Å². The Bertz CT molecular complexity index is 592. The summed E-state index contributed by atoms with van der Waals surface area (Å²) in [5.41, 5.74) is 2.78. The van der Waals surface area contributed by atoms with Crippen LogP contribution in [0, 0.1) is 5.82 Å². The summed E-state index contributed by atoms with van der Waals surface area (Å²) < 4.78 is 19.5. The third kappa shape index (κ3) is 2.01. The van der Waals surface area contributed by atoms with Crippen molar-refractivity contribution in [2.75, 3.05) is 19.0 Å². The highest BCUT2D eigenvalue weighted by Gasteiger charge is 2.31. The Hall–Kier alpha value is -1.84. The Morgan fingerprint density at radius 1 is 1.32 bits per heavy atom. The Kier molecular flexibility index (Phi) is 3.01. The predicted molar refractivity (Wildman–Crippen MR) is 72.0 cm³/mol. The lowest BCUT2D eigenvalue weighted by Crippen LogP contribution is -2.16. The van der Waals surface area contributed by atoms with Gasteiger partial charge in [-0.25, -0.2) is 4.39 Å². The molecule has 0 bridgehead atoms. The van der Waals surface area contributed by atoms with Gasteiger partial charge in [0.05, 0.1) is 5.69 Å². The van der Waals surface area contributed by atoms with Gasteiger partial charge in [-0.2, -0.15) is 0 Å². The number of aryl methyl sites for hydroxylation is 1. The Balaban J connectivity index is 2.12. The third-order valence-corrected chi connectivity index (χ3v) is 3.73. The molecule has 1 aliphatic carbocycles. The van der Waals surface area contributed by atoms with Crippen LogP contribution in [-0.4, -0.2) is 19.3 Å². The number of hydrogen-bond donors (Lipinski definition) is 0. The van der Waals surface area contributed by atoms with E-state index in [1.54, 1.807) is 6.07 Å². The number of rotatable bonds is 2. The molecule has 3 nitrogen and oxygen atoms in total. The molecule has 1 atom stereocenters. The van der Waals surface area contributed by atoms with Crippen LogP contribution in [0.15, 0.2) is 28.8 Å². The molecule has 1 heterocycles. The van der Waals surface area contributed by atoms with Crippen molar-refractivity contribution >= 4 is 5.88 Å². The van der Waals surface area contributed by atoms with Crippen molar-refractivity contribution in [2.24, 2.45) is 0 Å². The fraction of sp³-hybridized carbons (Fsp3) is 0.400. The number of hydrogen-bond acceptors (Lipinski definition) is 3. The molecular formula is C15H17FN2O. The quantitative estimate of drug-likeness (QED) is 0.829. The zero-order valence-electron chi connectivity index (χ0n) is 11.2. The molecular weight excluding hydrogens is 243 g/mol. The van der Waals surface area contributed by atoms with Crippen LogP contribution in [0.3, 0.4) is 0 Å². The van der Waals surface area contributed by atoms with Crippen LogP contribution in [-0.2, 0) is 6.42 Å². The Morgan fingerprint density at radius 3 is 2.84 bits per heavy atom. The van der Waals surface area contributed by atoms with Crippen LogP contribution in [0.1, 0.15) is 35.6 Å². The number of benzene rings is 1. The van der Waals surface area contributed by atoms with Gasteiger partial charge in [-0.1, -0.05) is 23.4 Å². The first-order valence-electron chi connectivity index (χ1n) is 6.58. The number of halogens is 1. The summed E-state index contributed by atoms with van der Waals surface area (Å²) in [4.78, 5) is 1.91. The average molecular weight is 260 g/mol. The fourth-order valence-corrected chi connectivity index (χ4v) is 2.86. The van der Waals surface area contributed by atoms with Gasteiger partial charge in [-0.15, -0.1) is 0 Å². The topological polar surface area (TPSA) is 29.3 Å². The van der Waals surface area contributed by atoms with E-state index >= 15 is 0 Å². The largest absolute Gasteiger partial charge is 0.346 e. The van der Waals surface area contributed by atoms with Crippen LogP contribution in [0.5, 0.6) is 0 Å². The molecule has 0 spiro atoms. The minimum atomic E-state index is -0.147. The minimum absolute atomic E-state index is 0.0496. The van der Waals surface area contributed by atoms with E-state index in [4.69, 9.17) is 4.52 Å². The molecule has 3 rings (SSSR count). The predicted octanol–water partition coefficient (Wildman–Crippen LogP) is 3.35. The molecule has 0 saturated heterocycles. The maximum absolute atomic E-state index is 14.0. The molecule has 100 valence electrons. The second kappa shape index (κ2) is 4.68. The van der Waals surface area contributed by atoms with E-state index in [2.05, 4.69) is 5.16 Å². The lowest BCUT2D eigenvalue weighted by Gasteiger charge is -2.24. The van der Waals surface area contributed by atoms with Crippen molar-refractivity contribution < 1.29 is 8.91 Å². The van der Waals surface area contributed by atoms with Crippen molar-refractivity contribution in [3.05, 3.63) is 46.9 Å². The van der Waals surface area contributed by atoms with Gasteiger partial charge in [0.2, 0.25) is 5.88 Å². The smallest absolute Gasteiger partial charge is 0.230 e. The van der Waals surface area contributed by atoms with Crippen molar-refractivity contribution in [1.82, 2.24) is 5.16 Å². The molecule has 1 aromatic heterocycles. The molecule has 0 aliphatic heterocycles. The number of aromatic nitrogens is 1. The maximum atomic E-state index is 14.0. The van der Waals surface area contributed by atoms with Crippen LogP contribution in [0.2, 0.25) is 0 Å². The normalized spacial score (nSPS) is 18.2. The molecule has 1 aromatic carbocycles. The SMILES string of the molecule is CN(C)c1onc2c1C(c1ccccc1F)CCC2. The number of fused-ring (bicyclic) bond motifs is 1. The fourth-order valence-electron chi connectivity index (χ4n) is 2.86. The first-order chi connectivity index (χ1) is 9.18. The van der Waals surface area contributed by atoms with E-state index in [1.165, 1.54) is 6.07 Å². The van der Waals surface area contributed by atoms with Gasteiger partial charge >= 0.3 is 0 Å². The van der Waals surface area contributed by atoms with E-state index in [1.807, 2.05) is 31.1 Å². The van der Waals surface area contributed by atoms with E-state index < -0.39 is 0 Å². The molecule has 19 heavy (non-hydrogen) atoms.